The van der Waals surface area contributed by atoms with Crippen molar-refractivity contribution in [1.29, 1.82) is 0 Å². The van der Waals surface area contributed by atoms with E-state index in [1.165, 1.54) is 13.2 Å². The lowest BCUT2D eigenvalue weighted by Crippen LogP contribution is -2.52. The van der Waals surface area contributed by atoms with Gasteiger partial charge in [0.1, 0.15) is 24.4 Å². The van der Waals surface area contributed by atoms with Crippen LogP contribution >= 0.6 is 0 Å². The average Bonchev–Trinajstić information content (AvgIpc) is 2.52. The Hall–Kier alpha value is -0.460. The number of methoxy groups -OCH3 is 1. The van der Waals surface area contributed by atoms with Crippen molar-refractivity contribution in [2.75, 3.05) is 7.11 Å². The monoisotopic (exact) mass is 260 g/mol. The summed E-state index contributed by atoms with van der Waals surface area (Å²) in [5.41, 5.74) is -1.11. The van der Waals surface area contributed by atoms with Crippen LogP contribution in [0, 0.1) is 0 Å². The Morgan fingerprint density at radius 3 is 2.22 bits per heavy atom. The second-order valence-corrected chi connectivity index (χ2v) is 5.60. The van der Waals surface area contributed by atoms with Crippen molar-refractivity contribution in [3.8, 4) is 0 Å². The average molecular weight is 260 g/mol. The van der Waals surface area contributed by atoms with Crippen molar-refractivity contribution in [1.82, 2.24) is 0 Å². The summed E-state index contributed by atoms with van der Waals surface area (Å²) in [5, 5.41) is 20.0. The molecule has 0 radical (unpaired) electrons. The van der Waals surface area contributed by atoms with Gasteiger partial charge in [0.2, 0.25) is 0 Å². The molecule has 0 spiro atoms. The number of aliphatic hydroxyl groups excluding tert-OH is 1. The van der Waals surface area contributed by atoms with Crippen LogP contribution in [0.5, 0.6) is 0 Å². The number of ether oxygens (including phenoxy) is 3. The summed E-state index contributed by atoms with van der Waals surface area (Å²) in [7, 11) is 1.49. The van der Waals surface area contributed by atoms with Gasteiger partial charge in [-0.05, 0) is 27.7 Å². The number of hydrogen-bond acceptors (Lipinski definition) is 5. The zero-order valence-corrected chi connectivity index (χ0v) is 11.7. The number of hydrogen-bond donors (Lipinski definition) is 2. The topological polar surface area (TPSA) is 68.2 Å². The lowest BCUT2D eigenvalue weighted by atomic mass is 9.91. The first-order chi connectivity index (χ1) is 8.12. The highest BCUT2D eigenvalue weighted by atomic mass is 16.8. The van der Waals surface area contributed by atoms with Crippen LogP contribution in [-0.4, -0.2) is 53.1 Å². The van der Waals surface area contributed by atoms with Crippen molar-refractivity contribution in [3.63, 3.8) is 0 Å². The zero-order valence-electron chi connectivity index (χ0n) is 11.7. The minimum atomic E-state index is -1.11. The molecular formula is C13H24O5. The molecular weight excluding hydrogens is 236 g/mol. The Labute approximate surface area is 108 Å². The van der Waals surface area contributed by atoms with E-state index in [1.54, 1.807) is 27.7 Å². The minimum Gasteiger partial charge on any atom is -0.388 e. The van der Waals surface area contributed by atoms with Crippen LogP contribution in [0.4, 0.5) is 0 Å². The molecule has 4 atom stereocenters. The standard InChI is InChI=1S/C13H24O5/c1-7-8(14)9-10(18-13(4,5)17-9)11(16-6)12(2,3)15/h7-11,14-15H,1H2,2-6H3/t8?,9-,10-,11+/m0/s1. The molecule has 0 amide bonds. The smallest absolute Gasteiger partial charge is 0.164 e. The second-order valence-electron chi connectivity index (χ2n) is 5.60. The van der Waals surface area contributed by atoms with Gasteiger partial charge in [0.25, 0.3) is 0 Å². The normalized spacial score (nSPS) is 31.1. The fraction of sp³-hybridized carbons (Fsp3) is 0.846. The molecule has 0 aromatic rings. The van der Waals surface area contributed by atoms with Crippen molar-refractivity contribution in [2.45, 2.75) is 63.5 Å². The Morgan fingerprint density at radius 1 is 1.33 bits per heavy atom. The number of aliphatic hydroxyl groups is 2. The van der Waals surface area contributed by atoms with E-state index in [-0.39, 0.29) is 0 Å². The molecule has 1 saturated heterocycles. The van der Waals surface area contributed by atoms with Crippen molar-refractivity contribution in [2.24, 2.45) is 0 Å². The van der Waals surface area contributed by atoms with Gasteiger partial charge >= 0.3 is 0 Å². The molecule has 2 N–H and O–H groups in total. The van der Waals surface area contributed by atoms with Crippen LogP contribution in [0.15, 0.2) is 12.7 Å². The van der Waals surface area contributed by atoms with E-state index < -0.39 is 35.8 Å². The molecule has 5 heteroatoms. The van der Waals surface area contributed by atoms with E-state index in [9.17, 15) is 10.2 Å². The summed E-state index contributed by atoms with van der Waals surface area (Å²) < 4.78 is 16.7. The van der Waals surface area contributed by atoms with E-state index in [4.69, 9.17) is 14.2 Å². The van der Waals surface area contributed by atoms with Gasteiger partial charge in [-0.3, -0.25) is 0 Å². The van der Waals surface area contributed by atoms with Crippen LogP contribution < -0.4 is 0 Å². The Balaban J connectivity index is 2.99. The molecule has 1 heterocycles. The third-order valence-corrected chi connectivity index (χ3v) is 2.99. The van der Waals surface area contributed by atoms with Crippen LogP contribution in [0.1, 0.15) is 27.7 Å². The second kappa shape index (κ2) is 5.27. The predicted molar refractivity (Wildman–Crippen MR) is 67.1 cm³/mol. The van der Waals surface area contributed by atoms with Gasteiger partial charge in [-0.2, -0.15) is 0 Å². The van der Waals surface area contributed by atoms with Crippen LogP contribution in [0.2, 0.25) is 0 Å². The van der Waals surface area contributed by atoms with Crippen molar-refractivity contribution >= 4 is 0 Å². The minimum absolute atomic E-state index is 0.571. The molecule has 1 unspecified atom stereocenters. The molecule has 106 valence electrons. The van der Waals surface area contributed by atoms with E-state index in [0.29, 0.717) is 0 Å². The molecule has 5 nitrogen and oxygen atoms in total. The lowest BCUT2D eigenvalue weighted by Gasteiger charge is -2.34. The zero-order chi connectivity index (χ0) is 14.1. The van der Waals surface area contributed by atoms with Gasteiger partial charge in [0.05, 0.1) is 5.60 Å². The van der Waals surface area contributed by atoms with Gasteiger partial charge in [-0.25, -0.2) is 0 Å². The van der Waals surface area contributed by atoms with Crippen LogP contribution in [-0.2, 0) is 14.2 Å². The van der Waals surface area contributed by atoms with Crippen molar-refractivity contribution < 1.29 is 24.4 Å². The fourth-order valence-corrected chi connectivity index (χ4v) is 2.27. The van der Waals surface area contributed by atoms with Crippen LogP contribution in [0.3, 0.4) is 0 Å². The molecule has 0 aliphatic carbocycles. The summed E-state index contributed by atoms with van der Waals surface area (Å²) in [6.45, 7) is 10.3. The number of rotatable bonds is 5. The van der Waals surface area contributed by atoms with E-state index in [2.05, 4.69) is 6.58 Å². The molecule has 0 aromatic heterocycles. The fourth-order valence-electron chi connectivity index (χ4n) is 2.27. The SMILES string of the molecule is C=CC(O)[C@@H]1OC(C)(C)O[C@@H]1[C@@H](OC)C(C)(C)O. The summed E-state index contributed by atoms with van der Waals surface area (Å²) in [6.07, 6.45) is -1.29. The summed E-state index contributed by atoms with van der Waals surface area (Å²) in [5.74, 6) is -0.832. The lowest BCUT2D eigenvalue weighted by molar-refractivity contribution is -0.178. The summed E-state index contributed by atoms with van der Waals surface area (Å²) >= 11 is 0. The highest BCUT2D eigenvalue weighted by Crippen LogP contribution is 2.35. The molecule has 18 heavy (non-hydrogen) atoms. The molecule has 1 aliphatic heterocycles. The Morgan fingerprint density at radius 2 is 1.83 bits per heavy atom. The molecule has 0 bridgehead atoms. The molecule has 1 rings (SSSR count). The maximum atomic E-state index is 10.1. The van der Waals surface area contributed by atoms with Gasteiger partial charge in [0.15, 0.2) is 5.79 Å². The first-order valence-electron chi connectivity index (χ1n) is 6.04. The quantitative estimate of drug-likeness (QED) is 0.717. The van der Waals surface area contributed by atoms with Gasteiger partial charge in [-0.15, -0.1) is 6.58 Å². The first-order valence-corrected chi connectivity index (χ1v) is 6.04. The maximum absolute atomic E-state index is 10.1. The van der Waals surface area contributed by atoms with Gasteiger partial charge in [-0.1, -0.05) is 6.08 Å². The molecule has 0 aromatic carbocycles. The first kappa shape index (κ1) is 15.6. The van der Waals surface area contributed by atoms with Crippen molar-refractivity contribution in [3.05, 3.63) is 12.7 Å². The van der Waals surface area contributed by atoms with E-state index >= 15 is 0 Å². The van der Waals surface area contributed by atoms with Crippen LogP contribution in [0.25, 0.3) is 0 Å². The predicted octanol–water partition coefficient (Wildman–Crippen LogP) is 0.839. The van der Waals surface area contributed by atoms with Gasteiger partial charge in [0, 0.05) is 7.11 Å². The highest BCUT2D eigenvalue weighted by molar-refractivity contribution is 5.00. The third-order valence-electron chi connectivity index (χ3n) is 2.99. The van der Waals surface area contributed by atoms with E-state index in [1.807, 2.05) is 0 Å². The largest absolute Gasteiger partial charge is 0.388 e. The van der Waals surface area contributed by atoms with Gasteiger partial charge < -0.3 is 24.4 Å². The molecule has 0 saturated carbocycles. The maximum Gasteiger partial charge on any atom is 0.164 e. The molecule has 1 fully saturated rings. The summed E-state index contributed by atoms with van der Waals surface area (Å²) in [6, 6.07) is 0. The Kier molecular flexibility index (Phi) is 4.56. The third kappa shape index (κ3) is 3.30. The van der Waals surface area contributed by atoms with E-state index in [0.717, 1.165) is 0 Å². The Bertz CT molecular complexity index is 294. The molecule has 1 aliphatic rings. The summed E-state index contributed by atoms with van der Waals surface area (Å²) in [4.78, 5) is 0. The highest BCUT2D eigenvalue weighted by Gasteiger charge is 2.51.